The van der Waals surface area contributed by atoms with Crippen molar-refractivity contribution in [3.63, 3.8) is 0 Å². The highest BCUT2D eigenvalue weighted by molar-refractivity contribution is 5.99. The highest BCUT2D eigenvalue weighted by atomic mass is 16.6. The molecule has 0 atom stereocenters. The number of non-ortho nitro benzene ring substituents is 1. The minimum Gasteiger partial charge on any atom is -0.294 e. The third-order valence-electron chi connectivity index (χ3n) is 3.59. The molecule has 0 unspecified atom stereocenters. The van der Waals surface area contributed by atoms with E-state index in [1.165, 1.54) is 12.1 Å². The van der Waals surface area contributed by atoms with Gasteiger partial charge in [0.15, 0.2) is 5.78 Å². The summed E-state index contributed by atoms with van der Waals surface area (Å²) in [5, 5.41) is 10.8. The van der Waals surface area contributed by atoms with Crippen LogP contribution < -0.4 is 0 Å². The quantitative estimate of drug-likeness (QED) is 0.485. The van der Waals surface area contributed by atoms with E-state index >= 15 is 0 Å². The van der Waals surface area contributed by atoms with E-state index in [1.54, 1.807) is 13.0 Å². The number of carbonyl (C=O) groups excluding carboxylic acids is 1. The van der Waals surface area contributed by atoms with Gasteiger partial charge in [-0.25, -0.2) is 0 Å². The average molecular weight is 283 g/mol. The van der Waals surface area contributed by atoms with Crippen molar-refractivity contribution in [2.24, 2.45) is 0 Å². The number of nitrogens with zero attached hydrogens (tertiary/aromatic N) is 1. The lowest BCUT2D eigenvalue weighted by molar-refractivity contribution is -0.384. The molecule has 0 radical (unpaired) electrons. The number of carbonyl (C=O) groups is 1. The normalized spacial score (nSPS) is 10.4. The van der Waals surface area contributed by atoms with E-state index in [4.69, 9.17) is 0 Å². The zero-order valence-corrected chi connectivity index (χ0v) is 12.3. The number of nitro groups is 1. The molecular weight excluding hydrogens is 266 g/mol. The molecule has 0 aliphatic heterocycles. The number of ketones is 1. The lowest BCUT2D eigenvalue weighted by Gasteiger charge is -2.08. The third kappa shape index (κ3) is 3.34. The van der Waals surface area contributed by atoms with Crippen molar-refractivity contribution < 1.29 is 9.72 Å². The Kier molecular flexibility index (Phi) is 4.17. The van der Waals surface area contributed by atoms with Crippen LogP contribution in [0.25, 0.3) is 0 Å². The summed E-state index contributed by atoms with van der Waals surface area (Å²) >= 11 is 0. The Morgan fingerprint density at radius 3 is 2.38 bits per heavy atom. The van der Waals surface area contributed by atoms with Gasteiger partial charge in [-0.2, -0.15) is 0 Å². The summed E-state index contributed by atoms with van der Waals surface area (Å²) in [5.74, 6) is -0.0927. The van der Waals surface area contributed by atoms with Crippen molar-refractivity contribution in [2.45, 2.75) is 27.2 Å². The number of benzene rings is 2. The lowest BCUT2D eigenvalue weighted by atomic mass is 9.95. The van der Waals surface area contributed by atoms with Crippen molar-refractivity contribution in [1.29, 1.82) is 0 Å². The number of Topliss-reactive ketones (excluding diaryl/α,β-unsaturated/α-hetero) is 1. The van der Waals surface area contributed by atoms with E-state index < -0.39 is 4.92 Å². The van der Waals surface area contributed by atoms with Crippen LogP contribution in [-0.4, -0.2) is 10.7 Å². The topological polar surface area (TPSA) is 60.2 Å². The first kappa shape index (κ1) is 14.9. The predicted octanol–water partition coefficient (Wildman–Crippen LogP) is 3.95. The number of hydrogen-bond acceptors (Lipinski definition) is 3. The highest BCUT2D eigenvalue weighted by Crippen LogP contribution is 2.20. The van der Waals surface area contributed by atoms with Crippen LogP contribution in [0.5, 0.6) is 0 Å². The zero-order valence-electron chi connectivity index (χ0n) is 12.3. The number of aryl methyl sites for hydroxylation is 3. The smallest absolute Gasteiger partial charge is 0.270 e. The van der Waals surface area contributed by atoms with E-state index in [1.807, 2.05) is 32.0 Å². The van der Waals surface area contributed by atoms with Crippen LogP contribution in [0.1, 0.15) is 32.6 Å². The van der Waals surface area contributed by atoms with Crippen LogP contribution >= 0.6 is 0 Å². The molecule has 2 aromatic carbocycles. The molecule has 0 aliphatic carbocycles. The molecule has 0 saturated carbocycles. The van der Waals surface area contributed by atoms with Crippen LogP contribution in [0.3, 0.4) is 0 Å². The second-order valence-electron chi connectivity index (χ2n) is 5.29. The first-order valence-electron chi connectivity index (χ1n) is 6.73. The molecular formula is C17H17NO3. The Hall–Kier alpha value is -2.49. The van der Waals surface area contributed by atoms with Crippen LogP contribution in [0.15, 0.2) is 36.4 Å². The molecule has 0 saturated heterocycles. The molecule has 0 heterocycles. The fourth-order valence-electron chi connectivity index (χ4n) is 2.28. The van der Waals surface area contributed by atoms with Crippen molar-refractivity contribution in [1.82, 2.24) is 0 Å². The molecule has 4 nitrogen and oxygen atoms in total. The minimum atomic E-state index is -0.478. The monoisotopic (exact) mass is 283 g/mol. The zero-order chi connectivity index (χ0) is 15.6. The van der Waals surface area contributed by atoms with Crippen molar-refractivity contribution >= 4 is 11.5 Å². The average Bonchev–Trinajstić information content (AvgIpc) is 2.43. The van der Waals surface area contributed by atoms with Crippen LogP contribution in [-0.2, 0) is 6.42 Å². The first-order chi connectivity index (χ1) is 9.88. The summed E-state index contributed by atoms with van der Waals surface area (Å²) < 4.78 is 0. The molecule has 2 aromatic rings. The van der Waals surface area contributed by atoms with Gasteiger partial charge in [0, 0.05) is 24.1 Å². The molecule has 0 aliphatic rings. The fraction of sp³-hybridized carbons (Fsp3) is 0.235. The van der Waals surface area contributed by atoms with Crippen molar-refractivity contribution in [2.75, 3.05) is 0 Å². The molecule has 0 amide bonds. The molecule has 0 aromatic heterocycles. The van der Waals surface area contributed by atoms with E-state index in [9.17, 15) is 14.9 Å². The third-order valence-corrected chi connectivity index (χ3v) is 3.59. The molecule has 108 valence electrons. The van der Waals surface area contributed by atoms with E-state index in [0.717, 1.165) is 22.3 Å². The minimum absolute atomic E-state index is 0.0510. The molecule has 2 rings (SSSR count). The van der Waals surface area contributed by atoms with E-state index in [-0.39, 0.29) is 17.9 Å². The van der Waals surface area contributed by atoms with E-state index in [0.29, 0.717) is 5.56 Å². The molecule has 0 N–H and O–H groups in total. The van der Waals surface area contributed by atoms with Crippen LogP contribution in [0.4, 0.5) is 5.69 Å². The summed E-state index contributed by atoms with van der Waals surface area (Å²) in [6, 6.07) is 10.4. The van der Waals surface area contributed by atoms with Gasteiger partial charge < -0.3 is 0 Å². The van der Waals surface area contributed by atoms with Crippen molar-refractivity contribution in [3.05, 3.63) is 74.3 Å². The molecule has 0 fully saturated rings. The molecule has 0 bridgehead atoms. The number of hydrogen-bond donors (Lipinski definition) is 0. The fourth-order valence-corrected chi connectivity index (χ4v) is 2.28. The Morgan fingerprint density at radius 2 is 1.71 bits per heavy atom. The van der Waals surface area contributed by atoms with Gasteiger partial charge in [0.05, 0.1) is 4.92 Å². The number of nitro benzene ring substituents is 1. The summed E-state index contributed by atoms with van der Waals surface area (Å²) in [6.45, 7) is 5.73. The Labute approximate surface area is 123 Å². The van der Waals surface area contributed by atoms with Gasteiger partial charge >= 0.3 is 0 Å². The Balaban J connectivity index is 2.34. The molecule has 0 spiro atoms. The van der Waals surface area contributed by atoms with E-state index in [2.05, 4.69) is 0 Å². The standard InChI is InChI=1S/C17H17NO3/c1-11-4-5-12(2)14(8-11)9-17(19)16-10-15(18(20)21)7-6-13(16)3/h4-8,10H,9H2,1-3H3. The Bertz CT molecular complexity index is 720. The molecule has 21 heavy (non-hydrogen) atoms. The van der Waals surface area contributed by atoms with Crippen LogP contribution in [0.2, 0.25) is 0 Å². The van der Waals surface area contributed by atoms with Gasteiger partial charge in [-0.3, -0.25) is 14.9 Å². The summed E-state index contributed by atoms with van der Waals surface area (Å²) in [6.07, 6.45) is 0.259. The van der Waals surface area contributed by atoms with Gasteiger partial charge in [-0.05, 0) is 37.5 Å². The maximum atomic E-state index is 12.5. The summed E-state index contributed by atoms with van der Waals surface area (Å²) in [7, 11) is 0. The van der Waals surface area contributed by atoms with Gasteiger partial charge in [0.25, 0.3) is 5.69 Å². The highest BCUT2D eigenvalue weighted by Gasteiger charge is 2.15. The first-order valence-corrected chi connectivity index (χ1v) is 6.73. The SMILES string of the molecule is Cc1ccc(C)c(CC(=O)c2cc([N+](=O)[O-])ccc2C)c1. The Morgan fingerprint density at radius 1 is 1.05 bits per heavy atom. The summed E-state index contributed by atoms with van der Waals surface area (Å²) in [5.41, 5.74) is 4.24. The largest absolute Gasteiger partial charge is 0.294 e. The van der Waals surface area contributed by atoms with Crippen LogP contribution in [0, 0.1) is 30.9 Å². The summed E-state index contributed by atoms with van der Waals surface area (Å²) in [4.78, 5) is 22.8. The second-order valence-corrected chi connectivity index (χ2v) is 5.29. The van der Waals surface area contributed by atoms with Gasteiger partial charge in [-0.15, -0.1) is 0 Å². The second kappa shape index (κ2) is 5.87. The van der Waals surface area contributed by atoms with Gasteiger partial charge in [0.1, 0.15) is 0 Å². The maximum Gasteiger partial charge on any atom is 0.270 e. The number of rotatable bonds is 4. The van der Waals surface area contributed by atoms with Crippen molar-refractivity contribution in [3.8, 4) is 0 Å². The van der Waals surface area contributed by atoms with Gasteiger partial charge in [0.2, 0.25) is 0 Å². The van der Waals surface area contributed by atoms with Gasteiger partial charge in [-0.1, -0.05) is 29.8 Å². The molecule has 4 heteroatoms. The predicted molar refractivity (Wildman–Crippen MR) is 81.8 cm³/mol. The maximum absolute atomic E-state index is 12.5. The lowest BCUT2D eigenvalue weighted by Crippen LogP contribution is -2.07.